The molecule has 0 aliphatic rings. The van der Waals surface area contributed by atoms with Gasteiger partial charge in [0.25, 0.3) is 0 Å². The van der Waals surface area contributed by atoms with Crippen LogP contribution in [0.3, 0.4) is 0 Å². The van der Waals surface area contributed by atoms with Crippen LogP contribution in [0, 0.1) is 0 Å². The van der Waals surface area contributed by atoms with E-state index in [0.717, 1.165) is 100 Å². The first-order valence-corrected chi connectivity index (χ1v) is 16.4. The minimum atomic E-state index is 0.778. The van der Waals surface area contributed by atoms with Gasteiger partial charge < -0.3 is 8.83 Å². The van der Waals surface area contributed by atoms with Crippen molar-refractivity contribution in [3.05, 3.63) is 158 Å². The number of aromatic nitrogens is 4. The van der Waals surface area contributed by atoms with Gasteiger partial charge in [-0.05, 0) is 95.1 Å². The SMILES string of the molecule is c1ccc(-c2ccc3oc4c(-c5ccc(-c6ccc(-c7ccnc8c7oc7ccc(-c9ccccn9)cc78)cc6)cc5)ccnc4c3c2)nc1. The van der Waals surface area contributed by atoms with E-state index in [9.17, 15) is 0 Å². The summed E-state index contributed by atoms with van der Waals surface area (Å²) < 4.78 is 12.8. The predicted octanol–water partition coefficient (Wildman–Crippen LogP) is 11.4. The molecule has 6 heteroatoms. The molecule has 10 rings (SSSR count). The number of hydrogen-bond donors (Lipinski definition) is 0. The molecule has 234 valence electrons. The lowest BCUT2D eigenvalue weighted by atomic mass is 9.98. The second-order valence-electron chi connectivity index (χ2n) is 12.3. The van der Waals surface area contributed by atoms with Crippen LogP contribution >= 0.6 is 0 Å². The molecule has 6 heterocycles. The molecular formula is C44H26N4O2. The molecule has 6 nitrogen and oxygen atoms in total. The monoisotopic (exact) mass is 642 g/mol. The Labute approximate surface area is 286 Å². The van der Waals surface area contributed by atoms with Crippen molar-refractivity contribution < 1.29 is 8.83 Å². The largest absolute Gasteiger partial charge is 0.454 e. The van der Waals surface area contributed by atoms with Crippen LogP contribution in [0.4, 0.5) is 0 Å². The average molecular weight is 643 g/mol. The van der Waals surface area contributed by atoms with Gasteiger partial charge in [0.05, 0.1) is 11.4 Å². The zero-order valence-corrected chi connectivity index (χ0v) is 26.6. The second kappa shape index (κ2) is 11.4. The lowest BCUT2D eigenvalue weighted by Crippen LogP contribution is -1.85. The molecule has 0 spiro atoms. The first-order valence-electron chi connectivity index (χ1n) is 16.4. The summed E-state index contributed by atoms with van der Waals surface area (Å²) in [5.41, 5.74) is 15.2. The van der Waals surface area contributed by atoms with Gasteiger partial charge in [-0.25, -0.2) is 0 Å². The fourth-order valence-electron chi connectivity index (χ4n) is 6.84. The standard InChI is InChI=1S/C44H26N4O2/c1-3-21-45-37(5-1)31-15-17-39-35(25-31)41-43(49-39)33(19-23-47-41)29-11-7-27(8-12-29)28-9-13-30(14-10-28)34-20-24-48-42-36-26-32(38-6-2-4-22-46-38)16-18-40(36)50-44(34)42/h1-26H. The molecule has 0 saturated carbocycles. The van der Waals surface area contributed by atoms with E-state index in [1.165, 1.54) is 0 Å². The lowest BCUT2D eigenvalue weighted by Gasteiger charge is -2.07. The third-order valence-corrected chi connectivity index (χ3v) is 9.35. The Morgan fingerprint density at radius 3 is 1.18 bits per heavy atom. The van der Waals surface area contributed by atoms with E-state index >= 15 is 0 Å². The molecule has 4 aromatic carbocycles. The summed E-state index contributed by atoms with van der Waals surface area (Å²) in [7, 11) is 0. The summed E-state index contributed by atoms with van der Waals surface area (Å²) in [6.45, 7) is 0. The number of benzene rings is 4. The summed E-state index contributed by atoms with van der Waals surface area (Å²) in [5, 5.41) is 1.95. The van der Waals surface area contributed by atoms with Crippen LogP contribution in [0.1, 0.15) is 0 Å². The molecule has 0 bridgehead atoms. The Balaban J connectivity index is 0.958. The van der Waals surface area contributed by atoms with Gasteiger partial charge in [-0.3, -0.25) is 19.9 Å². The van der Waals surface area contributed by atoms with Gasteiger partial charge in [0.1, 0.15) is 22.2 Å². The smallest absolute Gasteiger partial charge is 0.161 e. The minimum Gasteiger partial charge on any atom is -0.454 e. The molecule has 0 radical (unpaired) electrons. The van der Waals surface area contributed by atoms with Gasteiger partial charge in [-0.1, -0.05) is 60.7 Å². The van der Waals surface area contributed by atoms with Crippen molar-refractivity contribution in [2.24, 2.45) is 0 Å². The Morgan fingerprint density at radius 2 is 0.760 bits per heavy atom. The summed E-state index contributed by atoms with van der Waals surface area (Å²) in [6, 6.07) is 45.4. The third-order valence-electron chi connectivity index (χ3n) is 9.35. The quantitative estimate of drug-likeness (QED) is 0.186. The number of fused-ring (bicyclic) bond motifs is 6. The van der Waals surface area contributed by atoms with Gasteiger partial charge in [0.15, 0.2) is 11.2 Å². The highest BCUT2D eigenvalue weighted by Gasteiger charge is 2.17. The fraction of sp³-hybridized carbons (Fsp3) is 0. The van der Waals surface area contributed by atoms with E-state index in [1.54, 1.807) is 0 Å². The molecule has 10 aromatic rings. The van der Waals surface area contributed by atoms with Gasteiger partial charge in [0, 0.05) is 57.8 Å². The van der Waals surface area contributed by atoms with Crippen molar-refractivity contribution >= 4 is 44.1 Å². The highest BCUT2D eigenvalue weighted by Crippen LogP contribution is 2.39. The van der Waals surface area contributed by atoms with Crippen LogP contribution in [-0.4, -0.2) is 19.9 Å². The van der Waals surface area contributed by atoms with Crippen LogP contribution < -0.4 is 0 Å². The fourth-order valence-corrected chi connectivity index (χ4v) is 6.84. The van der Waals surface area contributed by atoms with E-state index in [2.05, 4.69) is 70.6 Å². The van der Waals surface area contributed by atoms with Crippen molar-refractivity contribution in [2.45, 2.75) is 0 Å². The first kappa shape index (κ1) is 28.1. The molecule has 0 aliphatic carbocycles. The van der Waals surface area contributed by atoms with Crippen molar-refractivity contribution in [3.8, 4) is 55.9 Å². The maximum absolute atomic E-state index is 6.38. The van der Waals surface area contributed by atoms with E-state index in [4.69, 9.17) is 18.8 Å². The van der Waals surface area contributed by atoms with Crippen molar-refractivity contribution in [3.63, 3.8) is 0 Å². The molecule has 0 atom stereocenters. The highest BCUT2D eigenvalue weighted by molar-refractivity contribution is 6.09. The van der Waals surface area contributed by atoms with Gasteiger partial charge in [0.2, 0.25) is 0 Å². The zero-order valence-electron chi connectivity index (χ0n) is 26.6. The number of hydrogen-bond acceptors (Lipinski definition) is 6. The molecule has 0 aliphatic heterocycles. The van der Waals surface area contributed by atoms with E-state index in [1.807, 2.05) is 97.6 Å². The maximum Gasteiger partial charge on any atom is 0.161 e. The molecule has 6 aromatic heterocycles. The maximum atomic E-state index is 6.38. The van der Waals surface area contributed by atoms with Crippen molar-refractivity contribution in [1.82, 2.24) is 19.9 Å². The Kier molecular flexibility index (Phi) is 6.39. The predicted molar refractivity (Wildman–Crippen MR) is 199 cm³/mol. The Hall–Kier alpha value is -6.92. The number of pyridine rings is 4. The van der Waals surface area contributed by atoms with Gasteiger partial charge >= 0.3 is 0 Å². The van der Waals surface area contributed by atoms with E-state index in [-0.39, 0.29) is 0 Å². The number of nitrogens with zero attached hydrogens (tertiary/aromatic N) is 4. The summed E-state index contributed by atoms with van der Waals surface area (Å²) >= 11 is 0. The van der Waals surface area contributed by atoms with Crippen LogP contribution in [0.15, 0.2) is 167 Å². The summed E-state index contributed by atoms with van der Waals surface area (Å²) in [6.07, 6.45) is 7.32. The molecule has 50 heavy (non-hydrogen) atoms. The summed E-state index contributed by atoms with van der Waals surface area (Å²) in [4.78, 5) is 18.4. The van der Waals surface area contributed by atoms with Crippen molar-refractivity contribution in [2.75, 3.05) is 0 Å². The Morgan fingerprint density at radius 1 is 0.340 bits per heavy atom. The lowest BCUT2D eigenvalue weighted by molar-refractivity contribution is 0.669. The average Bonchev–Trinajstić information content (AvgIpc) is 3.77. The second-order valence-corrected chi connectivity index (χ2v) is 12.3. The molecule has 0 amide bonds. The first-order chi connectivity index (χ1) is 24.8. The number of furan rings is 2. The van der Waals surface area contributed by atoms with Crippen LogP contribution in [0.5, 0.6) is 0 Å². The van der Waals surface area contributed by atoms with Gasteiger partial charge in [-0.2, -0.15) is 0 Å². The molecule has 0 fully saturated rings. The summed E-state index contributed by atoms with van der Waals surface area (Å²) in [5.74, 6) is 0. The third kappa shape index (κ3) is 4.65. The van der Waals surface area contributed by atoms with Crippen LogP contribution in [0.2, 0.25) is 0 Å². The molecule has 0 unspecified atom stereocenters. The minimum absolute atomic E-state index is 0.778. The van der Waals surface area contributed by atoms with E-state index < -0.39 is 0 Å². The molecule has 0 saturated heterocycles. The van der Waals surface area contributed by atoms with Crippen LogP contribution in [0.25, 0.3) is 100 Å². The molecular weight excluding hydrogens is 617 g/mol. The Bertz CT molecular complexity index is 2640. The van der Waals surface area contributed by atoms with Crippen molar-refractivity contribution in [1.29, 1.82) is 0 Å². The topological polar surface area (TPSA) is 77.8 Å². The van der Waals surface area contributed by atoms with Gasteiger partial charge in [-0.15, -0.1) is 0 Å². The number of rotatable bonds is 5. The van der Waals surface area contributed by atoms with E-state index in [0.29, 0.717) is 0 Å². The molecule has 0 N–H and O–H groups in total. The zero-order chi connectivity index (χ0) is 33.0. The highest BCUT2D eigenvalue weighted by atomic mass is 16.3. The normalized spacial score (nSPS) is 11.6. The van der Waals surface area contributed by atoms with Crippen LogP contribution in [-0.2, 0) is 0 Å².